The molecule has 1 N–H and O–H groups in total. The van der Waals surface area contributed by atoms with Crippen molar-refractivity contribution in [3.63, 3.8) is 0 Å². The first kappa shape index (κ1) is 16.2. The lowest BCUT2D eigenvalue weighted by molar-refractivity contribution is 0.0191. The van der Waals surface area contributed by atoms with Crippen LogP contribution in [0.25, 0.3) is 0 Å². The predicted octanol–water partition coefficient (Wildman–Crippen LogP) is 0.999. The lowest BCUT2D eigenvalue weighted by atomic mass is 9.80. The molecule has 4 heterocycles. The van der Waals surface area contributed by atoms with Crippen LogP contribution in [-0.2, 0) is 4.74 Å². The molecule has 0 saturated carbocycles. The van der Waals surface area contributed by atoms with E-state index in [2.05, 4.69) is 15.1 Å². The maximum Gasteiger partial charge on any atom is 0.284 e. The third-order valence-electron chi connectivity index (χ3n) is 5.69. The van der Waals surface area contributed by atoms with Gasteiger partial charge in [-0.05, 0) is 31.1 Å². The first-order valence-electron chi connectivity index (χ1n) is 8.75. The molecule has 7 nitrogen and oxygen atoms in total. The molecule has 3 fully saturated rings. The van der Waals surface area contributed by atoms with Crippen LogP contribution in [0.4, 0.5) is 5.13 Å². The molecule has 1 amide bonds. The van der Waals surface area contributed by atoms with Crippen molar-refractivity contribution in [1.82, 2.24) is 15.1 Å². The Kier molecular flexibility index (Phi) is 4.44. The van der Waals surface area contributed by atoms with E-state index in [9.17, 15) is 9.90 Å². The lowest BCUT2D eigenvalue weighted by Gasteiger charge is -2.32. The fourth-order valence-electron chi connectivity index (χ4n) is 4.04. The Morgan fingerprint density at radius 2 is 2.12 bits per heavy atom. The minimum absolute atomic E-state index is 0.0139. The zero-order chi connectivity index (χ0) is 16.6. The molecule has 0 aliphatic carbocycles. The Balaban J connectivity index is 1.40. The molecule has 1 aromatic rings. The Labute approximate surface area is 145 Å². The van der Waals surface area contributed by atoms with Crippen molar-refractivity contribution in [2.24, 2.45) is 11.3 Å². The Hall–Kier alpha value is -1.25. The highest BCUT2D eigenvalue weighted by Gasteiger charge is 2.41. The molecule has 132 valence electrons. The number of carbonyl (C=O) groups is 1. The van der Waals surface area contributed by atoms with Gasteiger partial charge in [-0.3, -0.25) is 4.79 Å². The molecule has 3 aliphatic heterocycles. The van der Waals surface area contributed by atoms with Gasteiger partial charge in [0, 0.05) is 51.9 Å². The van der Waals surface area contributed by atoms with Gasteiger partial charge in [0.2, 0.25) is 10.1 Å². The third-order valence-corrected chi connectivity index (χ3v) is 6.66. The van der Waals surface area contributed by atoms with Gasteiger partial charge in [-0.25, -0.2) is 0 Å². The fourth-order valence-corrected chi connectivity index (χ4v) is 4.89. The summed E-state index contributed by atoms with van der Waals surface area (Å²) in [7, 11) is 0. The molecule has 1 atom stereocenters. The van der Waals surface area contributed by atoms with E-state index in [0.717, 1.165) is 70.2 Å². The number of amides is 1. The number of ether oxygens (including phenoxy) is 1. The maximum absolute atomic E-state index is 12.8. The molecule has 0 radical (unpaired) electrons. The summed E-state index contributed by atoms with van der Waals surface area (Å²) >= 11 is 1.38. The Bertz CT molecular complexity index is 602. The molecule has 24 heavy (non-hydrogen) atoms. The molecule has 3 saturated heterocycles. The highest BCUT2D eigenvalue weighted by molar-refractivity contribution is 7.17. The molecule has 0 bridgehead atoms. The highest BCUT2D eigenvalue weighted by atomic mass is 32.1. The van der Waals surface area contributed by atoms with Gasteiger partial charge in [0.05, 0.1) is 0 Å². The van der Waals surface area contributed by atoms with Crippen LogP contribution in [0.15, 0.2) is 0 Å². The van der Waals surface area contributed by atoms with Gasteiger partial charge in [0.1, 0.15) is 0 Å². The molecule has 3 aliphatic rings. The standard InChI is InChI=1S/C16H24N4O3S/c21-10-12-1-5-19(9-12)15-18-17-13(24-15)14(22)20-6-2-16(11-20)3-7-23-8-4-16/h12,21H,1-11H2/t12-/m0/s1. The average molecular weight is 352 g/mol. The van der Waals surface area contributed by atoms with Crippen LogP contribution in [0, 0.1) is 11.3 Å². The second-order valence-corrected chi connectivity index (χ2v) is 8.22. The monoisotopic (exact) mass is 352 g/mol. The number of hydrogen-bond acceptors (Lipinski definition) is 7. The van der Waals surface area contributed by atoms with Crippen LogP contribution < -0.4 is 4.90 Å². The number of rotatable bonds is 3. The summed E-state index contributed by atoms with van der Waals surface area (Å²) in [4.78, 5) is 16.8. The number of nitrogens with zero attached hydrogens (tertiary/aromatic N) is 4. The molecule has 8 heteroatoms. The van der Waals surface area contributed by atoms with Gasteiger partial charge in [0.25, 0.3) is 5.91 Å². The van der Waals surface area contributed by atoms with Crippen LogP contribution in [0.5, 0.6) is 0 Å². The van der Waals surface area contributed by atoms with Gasteiger partial charge in [-0.15, -0.1) is 10.2 Å². The second kappa shape index (κ2) is 6.57. The minimum atomic E-state index is 0.0139. The van der Waals surface area contributed by atoms with Crippen molar-refractivity contribution >= 4 is 22.4 Å². The van der Waals surface area contributed by atoms with Crippen LogP contribution in [-0.4, -0.2) is 72.1 Å². The number of aliphatic hydroxyl groups is 1. The zero-order valence-electron chi connectivity index (χ0n) is 13.8. The fraction of sp³-hybridized carbons (Fsp3) is 0.812. The van der Waals surface area contributed by atoms with Gasteiger partial charge >= 0.3 is 0 Å². The van der Waals surface area contributed by atoms with Gasteiger partial charge in [-0.2, -0.15) is 0 Å². The lowest BCUT2D eigenvalue weighted by Crippen LogP contribution is -2.35. The molecular formula is C16H24N4O3S. The van der Waals surface area contributed by atoms with Crippen LogP contribution in [0.3, 0.4) is 0 Å². The first-order valence-corrected chi connectivity index (χ1v) is 9.57. The van der Waals surface area contributed by atoms with Crippen molar-refractivity contribution in [3.8, 4) is 0 Å². The Morgan fingerprint density at radius 3 is 2.88 bits per heavy atom. The normalized spacial score (nSPS) is 26.5. The average Bonchev–Trinajstić information content (AvgIpc) is 3.34. The molecule has 1 spiro atoms. The van der Waals surface area contributed by atoms with Crippen LogP contribution in [0.1, 0.15) is 35.5 Å². The summed E-state index contributed by atoms with van der Waals surface area (Å²) in [6, 6.07) is 0. The highest BCUT2D eigenvalue weighted by Crippen LogP contribution is 2.40. The summed E-state index contributed by atoms with van der Waals surface area (Å²) in [6.45, 7) is 5.14. The van der Waals surface area contributed by atoms with Gasteiger partial charge in [0.15, 0.2) is 0 Å². The van der Waals surface area contributed by atoms with Crippen molar-refractivity contribution in [1.29, 1.82) is 0 Å². The quantitative estimate of drug-likeness (QED) is 0.874. The second-order valence-electron chi connectivity index (χ2n) is 7.26. The summed E-state index contributed by atoms with van der Waals surface area (Å²) in [5, 5.41) is 18.9. The van der Waals surface area contributed by atoms with Gasteiger partial charge < -0.3 is 19.6 Å². The SMILES string of the molecule is O=C(c1nnc(N2CC[C@H](CO)C2)s1)N1CCC2(CCOCC2)C1. The number of likely N-dealkylation sites (tertiary alicyclic amines) is 1. The number of aliphatic hydroxyl groups excluding tert-OH is 1. The summed E-state index contributed by atoms with van der Waals surface area (Å²) in [5.74, 6) is 0.319. The molecule has 0 aromatic carbocycles. The summed E-state index contributed by atoms with van der Waals surface area (Å²) < 4.78 is 5.47. The minimum Gasteiger partial charge on any atom is -0.396 e. The van der Waals surface area contributed by atoms with Crippen LogP contribution >= 0.6 is 11.3 Å². The molecule has 1 aromatic heterocycles. The van der Waals surface area contributed by atoms with E-state index in [1.54, 1.807) is 0 Å². The van der Waals surface area contributed by atoms with Crippen molar-refractivity contribution in [2.45, 2.75) is 25.7 Å². The maximum atomic E-state index is 12.8. The molecule has 4 rings (SSSR count). The summed E-state index contributed by atoms with van der Waals surface area (Å²) in [5.41, 5.74) is 0.255. The van der Waals surface area contributed by atoms with Crippen molar-refractivity contribution in [3.05, 3.63) is 5.01 Å². The van der Waals surface area contributed by atoms with Gasteiger partial charge in [-0.1, -0.05) is 11.3 Å². The largest absolute Gasteiger partial charge is 0.396 e. The van der Waals surface area contributed by atoms with E-state index < -0.39 is 0 Å². The summed E-state index contributed by atoms with van der Waals surface area (Å²) in [6.07, 6.45) is 4.14. The molecule has 0 unspecified atom stereocenters. The van der Waals surface area contributed by atoms with E-state index in [4.69, 9.17) is 4.74 Å². The van der Waals surface area contributed by atoms with E-state index in [1.807, 2.05) is 4.90 Å². The molecular weight excluding hydrogens is 328 g/mol. The van der Waals surface area contributed by atoms with E-state index in [-0.39, 0.29) is 17.9 Å². The number of hydrogen-bond donors (Lipinski definition) is 1. The Morgan fingerprint density at radius 1 is 1.29 bits per heavy atom. The topological polar surface area (TPSA) is 78.8 Å². The van der Waals surface area contributed by atoms with E-state index in [0.29, 0.717) is 10.9 Å². The van der Waals surface area contributed by atoms with Crippen molar-refractivity contribution < 1.29 is 14.6 Å². The van der Waals surface area contributed by atoms with E-state index in [1.165, 1.54) is 11.3 Å². The third kappa shape index (κ3) is 3.02. The number of carbonyl (C=O) groups excluding carboxylic acids is 1. The van der Waals surface area contributed by atoms with E-state index >= 15 is 0 Å². The first-order chi connectivity index (χ1) is 11.7. The smallest absolute Gasteiger partial charge is 0.284 e. The number of anilines is 1. The van der Waals surface area contributed by atoms with Crippen molar-refractivity contribution in [2.75, 3.05) is 50.9 Å². The zero-order valence-corrected chi connectivity index (χ0v) is 14.6. The number of aromatic nitrogens is 2. The van der Waals surface area contributed by atoms with Crippen LogP contribution in [0.2, 0.25) is 0 Å². The predicted molar refractivity (Wildman–Crippen MR) is 90.3 cm³/mol.